The smallest absolute Gasteiger partial charge is 0.410 e. The van der Waals surface area contributed by atoms with E-state index >= 15 is 0 Å². The summed E-state index contributed by atoms with van der Waals surface area (Å²) in [6.07, 6.45) is 8.45. The molecule has 3 fully saturated rings. The lowest BCUT2D eigenvalue weighted by atomic mass is 9.91. The highest BCUT2D eigenvalue weighted by Crippen LogP contribution is 2.45. The van der Waals surface area contributed by atoms with Gasteiger partial charge >= 0.3 is 6.09 Å². The van der Waals surface area contributed by atoms with Gasteiger partial charge in [-0.05, 0) is 87.1 Å². The maximum atomic E-state index is 12.7. The van der Waals surface area contributed by atoms with E-state index in [0.717, 1.165) is 41.8 Å². The number of amides is 1. The predicted molar refractivity (Wildman–Crippen MR) is 116 cm³/mol. The van der Waals surface area contributed by atoms with E-state index in [2.05, 4.69) is 32.3 Å². The minimum absolute atomic E-state index is 0.159. The standard InChI is InChI=1S/C22H29BrN4O3/c1-22(2,3)30-21(28)27-15-6-7-16(27)9-13(8-15)12-29-18-10-19-24-25-20(23)26(19)11-17(18)14-4-5-14/h10-11,13-16H,4-9,12H2,1-3H3/t13-,15-,16+. The molecule has 3 aliphatic rings. The third kappa shape index (κ3) is 3.90. The van der Waals surface area contributed by atoms with Crippen LogP contribution in [0.5, 0.6) is 5.75 Å². The third-order valence-electron chi connectivity index (χ3n) is 6.42. The summed E-state index contributed by atoms with van der Waals surface area (Å²) in [5.41, 5.74) is 1.59. The van der Waals surface area contributed by atoms with E-state index in [0.29, 0.717) is 18.4 Å². The van der Waals surface area contributed by atoms with Crippen LogP contribution in [0.4, 0.5) is 4.79 Å². The highest BCUT2D eigenvalue weighted by atomic mass is 79.9. The van der Waals surface area contributed by atoms with Crippen LogP contribution in [0.15, 0.2) is 17.0 Å². The molecule has 2 aromatic heterocycles. The summed E-state index contributed by atoms with van der Waals surface area (Å²) in [5, 5.41) is 8.33. The van der Waals surface area contributed by atoms with Gasteiger partial charge in [0, 0.05) is 29.9 Å². The molecule has 1 amide bonds. The van der Waals surface area contributed by atoms with E-state index < -0.39 is 5.60 Å². The van der Waals surface area contributed by atoms with Crippen LogP contribution >= 0.6 is 15.9 Å². The lowest BCUT2D eigenvalue weighted by molar-refractivity contribution is -0.000986. The number of carbonyl (C=O) groups is 1. The topological polar surface area (TPSA) is 69.0 Å². The van der Waals surface area contributed by atoms with Crippen LogP contribution in [0.2, 0.25) is 0 Å². The van der Waals surface area contributed by atoms with Crippen molar-refractivity contribution >= 4 is 27.7 Å². The first-order valence-corrected chi connectivity index (χ1v) is 11.8. The number of hydrogen-bond donors (Lipinski definition) is 0. The Kier molecular flexibility index (Phi) is 4.95. The van der Waals surface area contributed by atoms with Crippen molar-refractivity contribution < 1.29 is 14.3 Å². The number of pyridine rings is 1. The van der Waals surface area contributed by atoms with E-state index in [1.807, 2.05) is 36.1 Å². The SMILES string of the molecule is CC(C)(C)OC(=O)N1[C@@H]2CC[C@H]1C[C@H](COc1cc3nnc(Br)n3cc1C1CC1)C2. The van der Waals surface area contributed by atoms with Gasteiger partial charge in [-0.3, -0.25) is 4.40 Å². The molecule has 8 heteroatoms. The second kappa shape index (κ2) is 7.39. The molecule has 4 heterocycles. The Morgan fingerprint density at radius 2 is 1.87 bits per heavy atom. The maximum Gasteiger partial charge on any atom is 0.410 e. The first-order valence-electron chi connectivity index (χ1n) is 11.0. The Morgan fingerprint density at radius 3 is 2.50 bits per heavy atom. The van der Waals surface area contributed by atoms with Crippen molar-refractivity contribution in [1.82, 2.24) is 19.5 Å². The Hall–Kier alpha value is -1.83. The van der Waals surface area contributed by atoms with Crippen molar-refractivity contribution in [3.63, 3.8) is 0 Å². The zero-order valence-corrected chi connectivity index (χ0v) is 19.4. The highest BCUT2D eigenvalue weighted by Gasteiger charge is 2.45. The number of fused-ring (bicyclic) bond motifs is 3. The molecule has 0 spiro atoms. The van der Waals surface area contributed by atoms with Crippen molar-refractivity contribution in [3.8, 4) is 5.75 Å². The first-order chi connectivity index (χ1) is 14.3. The van der Waals surface area contributed by atoms with Crippen molar-refractivity contribution in [3.05, 3.63) is 22.6 Å². The van der Waals surface area contributed by atoms with Crippen LogP contribution in [0, 0.1) is 5.92 Å². The number of ether oxygens (including phenoxy) is 2. The summed E-state index contributed by atoms with van der Waals surface area (Å²) in [7, 11) is 0. The minimum Gasteiger partial charge on any atom is -0.493 e. The van der Waals surface area contributed by atoms with Crippen LogP contribution < -0.4 is 4.74 Å². The molecule has 5 rings (SSSR count). The molecule has 0 radical (unpaired) electrons. The maximum absolute atomic E-state index is 12.7. The van der Waals surface area contributed by atoms with E-state index in [-0.39, 0.29) is 18.2 Å². The number of piperidine rings is 1. The molecule has 1 saturated carbocycles. The monoisotopic (exact) mass is 476 g/mol. The van der Waals surface area contributed by atoms with Gasteiger partial charge in [0.2, 0.25) is 4.73 Å². The lowest BCUT2D eigenvalue weighted by Crippen LogP contribution is -2.49. The molecule has 2 aliphatic heterocycles. The van der Waals surface area contributed by atoms with Gasteiger partial charge in [-0.2, -0.15) is 0 Å². The van der Waals surface area contributed by atoms with Gasteiger partial charge < -0.3 is 14.4 Å². The average Bonchev–Trinajstić information content (AvgIpc) is 3.40. The largest absolute Gasteiger partial charge is 0.493 e. The molecule has 2 aromatic rings. The van der Waals surface area contributed by atoms with Gasteiger partial charge in [-0.1, -0.05) is 0 Å². The van der Waals surface area contributed by atoms with Crippen molar-refractivity contribution in [2.24, 2.45) is 5.92 Å². The van der Waals surface area contributed by atoms with Gasteiger partial charge in [-0.15, -0.1) is 10.2 Å². The molecule has 162 valence electrons. The van der Waals surface area contributed by atoms with Gasteiger partial charge in [-0.25, -0.2) is 4.79 Å². The third-order valence-corrected chi connectivity index (χ3v) is 6.96. The number of carbonyl (C=O) groups excluding carboxylic acids is 1. The summed E-state index contributed by atoms with van der Waals surface area (Å²) in [5.74, 6) is 1.96. The molecule has 0 aromatic carbocycles. The van der Waals surface area contributed by atoms with E-state index in [4.69, 9.17) is 9.47 Å². The number of aromatic nitrogens is 3. The van der Waals surface area contributed by atoms with Crippen LogP contribution in [0.3, 0.4) is 0 Å². The molecular weight excluding hydrogens is 448 g/mol. The molecule has 7 nitrogen and oxygen atoms in total. The van der Waals surface area contributed by atoms with Crippen LogP contribution in [-0.4, -0.2) is 49.9 Å². The number of hydrogen-bond acceptors (Lipinski definition) is 5. The van der Waals surface area contributed by atoms with Crippen LogP contribution in [0.25, 0.3) is 5.65 Å². The second-order valence-electron chi connectivity index (χ2n) is 9.99. The predicted octanol–water partition coefficient (Wildman–Crippen LogP) is 4.93. The quantitative estimate of drug-likeness (QED) is 0.625. The molecule has 0 N–H and O–H groups in total. The van der Waals surface area contributed by atoms with Crippen molar-refractivity contribution in [2.75, 3.05) is 6.61 Å². The lowest BCUT2D eigenvalue weighted by Gasteiger charge is -2.39. The normalized spacial score (nSPS) is 26.3. The Labute approximate surface area is 185 Å². The molecule has 2 saturated heterocycles. The van der Waals surface area contributed by atoms with Crippen molar-refractivity contribution in [1.29, 1.82) is 0 Å². The van der Waals surface area contributed by atoms with Gasteiger partial charge in [0.1, 0.15) is 11.4 Å². The minimum atomic E-state index is -0.453. The van der Waals surface area contributed by atoms with E-state index in [9.17, 15) is 4.79 Å². The fourth-order valence-electron chi connectivity index (χ4n) is 4.98. The van der Waals surface area contributed by atoms with E-state index in [1.165, 1.54) is 18.4 Å². The second-order valence-corrected chi connectivity index (χ2v) is 10.7. The fraction of sp³-hybridized carbons (Fsp3) is 0.682. The van der Waals surface area contributed by atoms with Crippen LogP contribution in [0.1, 0.15) is 70.8 Å². The number of rotatable bonds is 4. The molecule has 30 heavy (non-hydrogen) atoms. The summed E-state index contributed by atoms with van der Waals surface area (Å²) in [6, 6.07) is 2.55. The highest BCUT2D eigenvalue weighted by molar-refractivity contribution is 9.10. The Bertz CT molecular complexity index is 951. The molecule has 3 atom stereocenters. The molecule has 0 unspecified atom stereocenters. The van der Waals surface area contributed by atoms with Gasteiger partial charge in [0.05, 0.1) is 6.61 Å². The fourth-order valence-corrected chi connectivity index (χ4v) is 5.34. The number of nitrogens with zero attached hydrogens (tertiary/aromatic N) is 4. The van der Waals surface area contributed by atoms with Crippen molar-refractivity contribution in [2.45, 2.75) is 82.9 Å². The molecule has 1 aliphatic carbocycles. The Morgan fingerprint density at radius 1 is 1.17 bits per heavy atom. The zero-order valence-electron chi connectivity index (χ0n) is 17.8. The number of halogens is 1. The van der Waals surface area contributed by atoms with Gasteiger partial charge in [0.15, 0.2) is 5.65 Å². The molecular formula is C22H29BrN4O3. The average molecular weight is 477 g/mol. The summed E-state index contributed by atoms with van der Waals surface area (Å²) < 4.78 is 14.7. The Balaban J connectivity index is 1.26. The molecule has 2 bridgehead atoms. The first kappa shape index (κ1) is 20.1. The van der Waals surface area contributed by atoms with Crippen LogP contribution in [-0.2, 0) is 4.74 Å². The summed E-state index contributed by atoms with van der Waals surface area (Å²) in [4.78, 5) is 14.7. The summed E-state index contributed by atoms with van der Waals surface area (Å²) >= 11 is 3.46. The summed E-state index contributed by atoms with van der Waals surface area (Å²) in [6.45, 7) is 6.46. The van der Waals surface area contributed by atoms with E-state index in [1.54, 1.807) is 0 Å². The van der Waals surface area contributed by atoms with Gasteiger partial charge in [0.25, 0.3) is 0 Å². The zero-order chi connectivity index (χ0) is 21.0.